The molecule has 0 N–H and O–H groups in total. The van der Waals surface area contributed by atoms with Crippen LogP contribution >= 0.6 is 11.3 Å². The molecule has 0 saturated carbocycles. The number of rotatable bonds is 3. The Morgan fingerprint density at radius 3 is 2.55 bits per heavy atom. The van der Waals surface area contributed by atoms with Gasteiger partial charge in [-0.05, 0) is 30.5 Å². The van der Waals surface area contributed by atoms with Crippen LogP contribution in [0.3, 0.4) is 0 Å². The molecular formula is C19H19FOS. The molecule has 0 spiro atoms. The molecule has 0 fully saturated rings. The average Bonchev–Trinajstić information content (AvgIpc) is 2.82. The van der Waals surface area contributed by atoms with Crippen LogP contribution in [0.1, 0.15) is 30.2 Å². The van der Waals surface area contributed by atoms with Gasteiger partial charge in [0.25, 0.3) is 0 Å². The molecule has 0 radical (unpaired) electrons. The number of halogens is 1. The Morgan fingerprint density at radius 2 is 1.86 bits per heavy atom. The number of methoxy groups -OCH3 is 1. The van der Waals surface area contributed by atoms with Crippen molar-refractivity contribution in [2.45, 2.75) is 26.7 Å². The van der Waals surface area contributed by atoms with E-state index in [9.17, 15) is 4.39 Å². The largest absolute Gasteiger partial charge is 0.496 e. The maximum Gasteiger partial charge on any atom is 0.130 e. The Balaban J connectivity index is 2.34. The number of fused-ring (bicyclic) bond motifs is 1. The van der Waals surface area contributed by atoms with Crippen LogP contribution in [0.25, 0.3) is 21.2 Å². The first-order chi connectivity index (χ1) is 10.5. The van der Waals surface area contributed by atoms with E-state index in [0.717, 1.165) is 16.7 Å². The third kappa shape index (κ3) is 2.40. The zero-order chi connectivity index (χ0) is 15.9. The minimum absolute atomic E-state index is 0.134. The lowest BCUT2D eigenvalue weighted by molar-refractivity contribution is 0.412. The molecule has 3 aromatic rings. The number of benzene rings is 2. The van der Waals surface area contributed by atoms with Crippen molar-refractivity contribution >= 4 is 21.4 Å². The zero-order valence-corrected chi connectivity index (χ0v) is 14.1. The lowest BCUT2D eigenvalue weighted by atomic mass is 9.94. The van der Waals surface area contributed by atoms with Gasteiger partial charge in [-0.1, -0.05) is 32.0 Å². The molecule has 0 amide bonds. The summed E-state index contributed by atoms with van der Waals surface area (Å²) in [5.41, 5.74) is 2.85. The monoisotopic (exact) mass is 314 g/mol. The van der Waals surface area contributed by atoms with Crippen LogP contribution in [0.15, 0.2) is 36.4 Å². The van der Waals surface area contributed by atoms with E-state index in [0.29, 0.717) is 5.75 Å². The summed E-state index contributed by atoms with van der Waals surface area (Å²) in [6.07, 6.45) is 0. The highest BCUT2D eigenvalue weighted by atomic mass is 32.1. The van der Waals surface area contributed by atoms with Crippen molar-refractivity contribution in [3.05, 3.63) is 52.7 Å². The molecule has 1 nitrogen and oxygen atoms in total. The van der Waals surface area contributed by atoms with E-state index >= 15 is 0 Å². The third-order valence-electron chi connectivity index (χ3n) is 3.98. The van der Waals surface area contributed by atoms with Gasteiger partial charge in [0.15, 0.2) is 0 Å². The molecule has 22 heavy (non-hydrogen) atoms. The quantitative estimate of drug-likeness (QED) is 0.563. The number of ether oxygens (including phenoxy) is 1. The summed E-state index contributed by atoms with van der Waals surface area (Å²) < 4.78 is 20.9. The first-order valence-corrected chi connectivity index (χ1v) is 8.20. The number of hydrogen-bond donors (Lipinski definition) is 0. The summed E-state index contributed by atoms with van der Waals surface area (Å²) in [4.78, 5) is 1.22. The topological polar surface area (TPSA) is 9.23 Å². The van der Waals surface area contributed by atoms with E-state index in [4.69, 9.17) is 4.74 Å². The summed E-state index contributed by atoms with van der Waals surface area (Å²) in [6, 6.07) is 11.8. The lowest BCUT2D eigenvalue weighted by Gasteiger charge is -2.14. The van der Waals surface area contributed by atoms with Crippen LogP contribution in [0.5, 0.6) is 5.75 Å². The van der Waals surface area contributed by atoms with E-state index < -0.39 is 0 Å². The van der Waals surface area contributed by atoms with E-state index in [2.05, 4.69) is 19.1 Å². The fourth-order valence-electron chi connectivity index (χ4n) is 2.88. The molecule has 1 aromatic heterocycles. The molecule has 3 heteroatoms. The normalized spacial score (nSPS) is 11.4. The highest BCUT2D eigenvalue weighted by molar-refractivity contribution is 7.19. The van der Waals surface area contributed by atoms with Gasteiger partial charge in [0.05, 0.1) is 7.11 Å². The second kappa shape index (κ2) is 5.73. The predicted octanol–water partition coefficient (Wildman–Crippen LogP) is 6.15. The SMILES string of the molecule is COc1cc(F)c(C(C)C)cc1-c1c(C)sc2ccccc12. The fraction of sp³-hybridized carbons (Fsp3) is 0.263. The van der Waals surface area contributed by atoms with Gasteiger partial charge in [0.2, 0.25) is 0 Å². The highest BCUT2D eigenvalue weighted by Crippen LogP contribution is 2.43. The summed E-state index contributed by atoms with van der Waals surface area (Å²) in [7, 11) is 1.59. The Morgan fingerprint density at radius 1 is 1.14 bits per heavy atom. The van der Waals surface area contributed by atoms with E-state index in [1.54, 1.807) is 18.4 Å². The van der Waals surface area contributed by atoms with Gasteiger partial charge in [0, 0.05) is 32.2 Å². The smallest absolute Gasteiger partial charge is 0.130 e. The maximum absolute atomic E-state index is 14.2. The third-order valence-corrected chi connectivity index (χ3v) is 5.07. The predicted molar refractivity (Wildman–Crippen MR) is 92.6 cm³/mol. The van der Waals surface area contributed by atoms with Gasteiger partial charge < -0.3 is 4.74 Å². The molecule has 0 aliphatic carbocycles. The fourth-order valence-corrected chi connectivity index (χ4v) is 3.96. The van der Waals surface area contributed by atoms with Crippen molar-refractivity contribution in [3.8, 4) is 16.9 Å². The Hall–Kier alpha value is -1.87. The molecule has 0 atom stereocenters. The number of hydrogen-bond acceptors (Lipinski definition) is 2. The summed E-state index contributed by atoms with van der Waals surface area (Å²) >= 11 is 1.76. The zero-order valence-electron chi connectivity index (χ0n) is 13.2. The van der Waals surface area contributed by atoms with Crippen molar-refractivity contribution in [2.24, 2.45) is 0 Å². The second-order valence-corrected chi connectivity index (χ2v) is 7.01. The van der Waals surface area contributed by atoms with E-state index in [-0.39, 0.29) is 11.7 Å². The van der Waals surface area contributed by atoms with Crippen molar-refractivity contribution in [3.63, 3.8) is 0 Å². The van der Waals surface area contributed by atoms with Crippen molar-refractivity contribution in [1.29, 1.82) is 0 Å². The molecule has 0 aliphatic rings. The summed E-state index contributed by atoms with van der Waals surface area (Å²) in [6.45, 7) is 6.12. The molecule has 0 bridgehead atoms. The van der Waals surface area contributed by atoms with Crippen LogP contribution in [0.2, 0.25) is 0 Å². The summed E-state index contributed by atoms with van der Waals surface area (Å²) in [5.74, 6) is 0.524. The van der Waals surface area contributed by atoms with Crippen molar-refractivity contribution < 1.29 is 9.13 Å². The Bertz CT molecular complexity index is 833. The van der Waals surface area contributed by atoms with Gasteiger partial charge in [-0.2, -0.15) is 0 Å². The van der Waals surface area contributed by atoms with Crippen LogP contribution in [0.4, 0.5) is 4.39 Å². The maximum atomic E-state index is 14.2. The Labute approximate surface area is 134 Å². The van der Waals surface area contributed by atoms with Gasteiger partial charge in [-0.25, -0.2) is 4.39 Å². The van der Waals surface area contributed by atoms with Gasteiger partial charge in [-0.3, -0.25) is 0 Å². The van der Waals surface area contributed by atoms with Crippen LogP contribution in [-0.4, -0.2) is 7.11 Å². The minimum atomic E-state index is -0.201. The molecule has 3 rings (SSSR count). The highest BCUT2D eigenvalue weighted by Gasteiger charge is 2.18. The number of aryl methyl sites for hydroxylation is 1. The van der Waals surface area contributed by atoms with E-state index in [1.807, 2.05) is 32.0 Å². The van der Waals surface area contributed by atoms with Gasteiger partial charge in [0.1, 0.15) is 11.6 Å². The second-order valence-electron chi connectivity index (χ2n) is 5.76. The van der Waals surface area contributed by atoms with Gasteiger partial charge >= 0.3 is 0 Å². The molecule has 114 valence electrons. The average molecular weight is 314 g/mol. The van der Waals surface area contributed by atoms with Crippen LogP contribution < -0.4 is 4.74 Å². The van der Waals surface area contributed by atoms with Crippen molar-refractivity contribution in [1.82, 2.24) is 0 Å². The van der Waals surface area contributed by atoms with Crippen molar-refractivity contribution in [2.75, 3.05) is 7.11 Å². The molecular weight excluding hydrogens is 295 g/mol. The van der Waals surface area contributed by atoms with Gasteiger partial charge in [-0.15, -0.1) is 11.3 Å². The first-order valence-electron chi connectivity index (χ1n) is 7.39. The van der Waals surface area contributed by atoms with E-state index in [1.165, 1.54) is 21.0 Å². The molecule has 2 aromatic carbocycles. The lowest BCUT2D eigenvalue weighted by Crippen LogP contribution is -1.97. The standard InChI is InChI=1S/C19H19FOS/c1-11(2)14-9-15(17(21-4)10-16(14)20)19-12(3)22-18-8-6-5-7-13(18)19/h5-11H,1-4H3. The minimum Gasteiger partial charge on any atom is -0.496 e. The van der Waals surface area contributed by atoms with Crippen LogP contribution in [-0.2, 0) is 0 Å². The molecule has 0 unspecified atom stereocenters. The van der Waals surface area contributed by atoms with Crippen LogP contribution in [0, 0.1) is 12.7 Å². The number of thiophene rings is 1. The molecule has 1 heterocycles. The Kier molecular flexibility index (Phi) is 3.92. The molecule has 0 saturated heterocycles. The molecule has 0 aliphatic heterocycles. The first kappa shape index (κ1) is 15.0. The summed E-state index contributed by atoms with van der Waals surface area (Å²) in [5, 5.41) is 1.20.